The van der Waals surface area contributed by atoms with Crippen molar-refractivity contribution in [1.29, 1.82) is 0 Å². The van der Waals surface area contributed by atoms with Crippen LogP contribution in [-0.2, 0) is 10.0 Å². The summed E-state index contributed by atoms with van der Waals surface area (Å²) in [5.41, 5.74) is -0.642. The SMILES string of the molecule is CC1(C)N([O])/C(=c2\ccc3c(c2)C=CC(=O)C=3)N(O)C1(C)C. The second-order valence-corrected chi connectivity index (χ2v) is 6.77. The lowest BCUT2D eigenvalue weighted by Crippen LogP contribution is -2.52. The van der Waals surface area contributed by atoms with Gasteiger partial charge in [0.25, 0.3) is 0 Å². The van der Waals surface area contributed by atoms with E-state index in [9.17, 15) is 15.2 Å². The third kappa shape index (κ3) is 1.82. The van der Waals surface area contributed by atoms with Crippen LogP contribution in [0, 0.1) is 0 Å². The molecule has 3 rings (SSSR count). The number of ketones is 1. The Morgan fingerprint density at radius 3 is 2.32 bits per heavy atom. The van der Waals surface area contributed by atoms with Crippen molar-refractivity contribution in [3.63, 3.8) is 0 Å². The molecule has 5 heteroatoms. The molecule has 0 saturated carbocycles. The summed E-state index contributed by atoms with van der Waals surface area (Å²) in [6, 6.07) is 5.36. The van der Waals surface area contributed by atoms with Crippen molar-refractivity contribution in [3.8, 4) is 0 Å². The monoisotopic (exact) mass is 299 g/mol. The number of hydrogen-bond donors (Lipinski definition) is 1. The third-order valence-corrected chi connectivity index (χ3v) is 5.00. The Kier molecular flexibility index (Phi) is 2.99. The van der Waals surface area contributed by atoms with E-state index in [1.54, 1.807) is 38.1 Å². The molecule has 0 atom stereocenters. The first-order valence-electron chi connectivity index (χ1n) is 7.21. The Morgan fingerprint density at radius 1 is 1.05 bits per heavy atom. The Morgan fingerprint density at radius 2 is 1.73 bits per heavy atom. The third-order valence-electron chi connectivity index (χ3n) is 5.00. The molecule has 1 saturated heterocycles. The van der Waals surface area contributed by atoms with E-state index in [0.29, 0.717) is 5.22 Å². The lowest BCUT2D eigenvalue weighted by molar-refractivity contribution is -0.167. The highest BCUT2D eigenvalue weighted by Gasteiger charge is 2.56. The van der Waals surface area contributed by atoms with Crippen molar-refractivity contribution in [2.75, 3.05) is 0 Å². The van der Waals surface area contributed by atoms with E-state index in [1.807, 2.05) is 19.9 Å². The molecule has 0 bridgehead atoms. The van der Waals surface area contributed by atoms with Crippen LogP contribution in [0.25, 0.3) is 18.0 Å². The van der Waals surface area contributed by atoms with Crippen LogP contribution in [0.2, 0.25) is 0 Å². The summed E-state index contributed by atoms with van der Waals surface area (Å²) in [7, 11) is 0. The van der Waals surface area contributed by atoms with Crippen LogP contribution in [0.4, 0.5) is 0 Å². The molecule has 1 aliphatic carbocycles. The van der Waals surface area contributed by atoms with Crippen LogP contribution in [0.5, 0.6) is 0 Å². The van der Waals surface area contributed by atoms with Crippen molar-refractivity contribution in [1.82, 2.24) is 10.1 Å². The summed E-state index contributed by atoms with van der Waals surface area (Å²) < 4.78 is 0. The van der Waals surface area contributed by atoms with E-state index in [4.69, 9.17) is 0 Å². The fraction of sp³-hybridized carbons (Fsp3) is 0.353. The van der Waals surface area contributed by atoms with Crippen molar-refractivity contribution in [2.24, 2.45) is 0 Å². The highest BCUT2D eigenvalue weighted by Crippen LogP contribution is 2.43. The quantitative estimate of drug-likeness (QED) is 0.777. The Labute approximate surface area is 129 Å². The highest BCUT2D eigenvalue weighted by molar-refractivity contribution is 6.16. The molecule has 0 unspecified atom stereocenters. The second-order valence-electron chi connectivity index (χ2n) is 6.77. The van der Waals surface area contributed by atoms with Crippen LogP contribution in [0.1, 0.15) is 33.3 Å². The van der Waals surface area contributed by atoms with Gasteiger partial charge in [-0.3, -0.25) is 10.0 Å². The summed E-state index contributed by atoms with van der Waals surface area (Å²) in [5, 5.41) is 26.5. The zero-order valence-electron chi connectivity index (χ0n) is 13.1. The molecule has 0 aromatic heterocycles. The molecule has 1 heterocycles. The molecule has 1 radical (unpaired) electrons. The summed E-state index contributed by atoms with van der Waals surface area (Å²) in [6.07, 6.45) is 4.77. The minimum Gasteiger partial charge on any atom is -0.290 e. The molecule has 1 aromatic rings. The number of carbonyl (C=O) groups is 1. The summed E-state index contributed by atoms with van der Waals surface area (Å²) >= 11 is 0. The lowest BCUT2D eigenvalue weighted by atomic mass is 9.84. The van der Waals surface area contributed by atoms with Gasteiger partial charge in [-0.25, -0.2) is 5.06 Å². The minimum atomic E-state index is -0.773. The smallest absolute Gasteiger partial charge is 0.179 e. The molecule has 1 aromatic carbocycles. The predicted octanol–water partition coefficient (Wildman–Crippen LogP) is 1.04. The fourth-order valence-electron chi connectivity index (χ4n) is 2.73. The van der Waals surface area contributed by atoms with Crippen LogP contribution < -0.4 is 10.4 Å². The summed E-state index contributed by atoms with van der Waals surface area (Å²) in [5.74, 6) is 0.174. The molecular formula is C17H19N2O3. The number of benzene rings is 1. The second kappa shape index (κ2) is 4.44. The molecule has 1 N–H and O–H groups in total. The zero-order valence-corrected chi connectivity index (χ0v) is 13.1. The van der Waals surface area contributed by atoms with Crippen LogP contribution in [0.15, 0.2) is 24.3 Å². The average Bonchev–Trinajstić information content (AvgIpc) is 2.57. The topological polar surface area (TPSA) is 63.7 Å². The molecule has 22 heavy (non-hydrogen) atoms. The standard InChI is InChI=1S/C17H19N2O3/c1-16(2)17(3,4)19(22)15(18(16)21)13-6-5-12-10-14(20)8-7-11(12)9-13/h5-10,21H,1-4H3/b15-13+. The maximum Gasteiger partial charge on any atom is 0.179 e. The van der Waals surface area contributed by atoms with Gasteiger partial charge in [-0.15, -0.1) is 0 Å². The van der Waals surface area contributed by atoms with Crippen LogP contribution in [-0.4, -0.2) is 32.2 Å². The van der Waals surface area contributed by atoms with Gasteiger partial charge in [-0.2, -0.15) is 5.06 Å². The number of allylic oxidation sites excluding steroid dienone is 1. The van der Waals surface area contributed by atoms with E-state index in [-0.39, 0.29) is 11.6 Å². The molecular weight excluding hydrogens is 280 g/mol. The number of nitrogens with zero attached hydrogens (tertiary/aromatic N) is 2. The van der Waals surface area contributed by atoms with Crippen LogP contribution in [0.3, 0.4) is 0 Å². The number of fused-ring (bicyclic) bond motifs is 1. The Balaban J connectivity index is 2.26. The van der Waals surface area contributed by atoms with Gasteiger partial charge >= 0.3 is 0 Å². The maximum absolute atomic E-state index is 12.7. The zero-order chi connectivity index (χ0) is 16.3. The van der Waals surface area contributed by atoms with Crippen molar-refractivity contribution in [2.45, 2.75) is 38.8 Å². The number of carbonyl (C=O) groups excluding carboxylic acids is 1. The molecule has 115 valence electrons. The Hall–Kier alpha value is -2.11. The summed E-state index contributed by atoms with van der Waals surface area (Å²) in [4.78, 5) is 11.4. The first-order valence-corrected chi connectivity index (χ1v) is 7.21. The number of hydroxylamine groups is 4. The highest BCUT2D eigenvalue weighted by atomic mass is 16.6. The number of rotatable bonds is 0. The van der Waals surface area contributed by atoms with Gasteiger partial charge in [0.05, 0.1) is 11.1 Å². The largest absolute Gasteiger partial charge is 0.290 e. The fourth-order valence-corrected chi connectivity index (χ4v) is 2.73. The molecule has 0 amide bonds. The molecule has 0 spiro atoms. The first kappa shape index (κ1) is 14.8. The van der Waals surface area contributed by atoms with Gasteiger partial charge in [-0.1, -0.05) is 23.4 Å². The van der Waals surface area contributed by atoms with Crippen molar-refractivity contribution >= 4 is 23.8 Å². The van der Waals surface area contributed by atoms with Gasteiger partial charge in [0.1, 0.15) is 0 Å². The molecule has 1 fully saturated rings. The van der Waals surface area contributed by atoms with E-state index < -0.39 is 11.1 Å². The first-order chi connectivity index (χ1) is 10.2. The Bertz CT molecular complexity index is 784. The van der Waals surface area contributed by atoms with Crippen LogP contribution >= 0.6 is 0 Å². The van der Waals surface area contributed by atoms with E-state index >= 15 is 0 Å². The van der Waals surface area contributed by atoms with Gasteiger partial charge in [-0.05, 0) is 56.7 Å². The van der Waals surface area contributed by atoms with E-state index in [2.05, 4.69) is 0 Å². The van der Waals surface area contributed by atoms with Gasteiger partial charge in [0, 0.05) is 5.22 Å². The maximum atomic E-state index is 12.7. The molecule has 2 aliphatic rings. The van der Waals surface area contributed by atoms with Gasteiger partial charge < -0.3 is 0 Å². The van der Waals surface area contributed by atoms with Gasteiger partial charge in [0.15, 0.2) is 11.6 Å². The molecule has 5 nitrogen and oxygen atoms in total. The van der Waals surface area contributed by atoms with Crippen molar-refractivity contribution in [3.05, 3.63) is 40.3 Å². The van der Waals surface area contributed by atoms with Gasteiger partial charge in [0.2, 0.25) is 0 Å². The lowest BCUT2D eigenvalue weighted by Gasteiger charge is -2.36. The normalized spacial score (nSPS) is 24.4. The number of hydrogen-bond acceptors (Lipinski definition) is 4. The van der Waals surface area contributed by atoms with Crippen molar-refractivity contribution < 1.29 is 15.2 Å². The van der Waals surface area contributed by atoms with E-state index in [0.717, 1.165) is 20.9 Å². The van der Waals surface area contributed by atoms with E-state index in [1.165, 1.54) is 6.08 Å². The average molecular weight is 299 g/mol. The molecule has 1 aliphatic heterocycles. The predicted molar refractivity (Wildman–Crippen MR) is 81.9 cm³/mol. The summed E-state index contributed by atoms with van der Waals surface area (Å²) in [6.45, 7) is 7.27. The minimum absolute atomic E-state index is 0.0507.